The van der Waals surface area contributed by atoms with E-state index >= 15 is 0 Å². The maximum absolute atomic E-state index is 13.5. The smallest absolute Gasteiger partial charge is 0.244 e. The Hall–Kier alpha value is -2.10. The van der Waals surface area contributed by atoms with Gasteiger partial charge in [-0.2, -0.15) is 0 Å². The average molecular weight is 559 g/mol. The van der Waals surface area contributed by atoms with Crippen LogP contribution in [0.25, 0.3) is 0 Å². The quantitative estimate of drug-likeness (QED) is 0.526. The number of hydrogen-bond acceptors (Lipinski definition) is 4. The fourth-order valence-electron chi connectivity index (χ4n) is 3.12. The van der Waals surface area contributed by atoms with Crippen LogP contribution in [0.15, 0.2) is 53.0 Å². The van der Waals surface area contributed by atoms with E-state index in [4.69, 9.17) is 11.6 Å². The number of halogens is 2. The number of amides is 2. The first-order valence-corrected chi connectivity index (χ1v) is 13.3. The molecule has 2 rings (SSSR count). The van der Waals surface area contributed by atoms with Crippen molar-refractivity contribution in [3.63, 3.8) is 0 Å². The summed E-state index contributed by atoms with van der Waals surface area (Å²) in [6, 6.07) is 12.9. The number of carbonyl (C=O) groups is 2. The Kier molecular flexibility index (Phi) is 8.95. The van der Waals surface area contributed by atoms with Crippen LogP contribution in [-0.2, 0) is 26.2 Å². The first-order chi connectivity index (χ1) is 15.2. The van der Waals surface area contributed by atoms with Crippen LogP contribution >= 0.6 is 27.5 Å². The molecule has 0 aromatic heterocycles. The summed E-state index contributed by atoms with van der Waals surface area (Å²) in [5, 5.41) is 3.32. The lowest BCUT2D eigenvalue weighted by Gasteiger charge is -2.33. The van der Waals surface area contributed by atoms with Gasteiger partial charge in [0, 0.05) is 21.6 Å². The molecule has 0 spiro atoms. The van der Waals surface area contributed by atoms with Crippen molar-refractivity contribution in [2.75, 3.05) is 17.1 Å². The van der Waals surface area contributed by atoms with Crippen molar-refractivity contribution in [2.45, 2.75) is 45.8 Å². The van der Waals surface area contributed by atoms with E-state index in [1.807, 2.05) is 20.8 Å². The van der Waals surface area contributed by atoms with Crippen LogP contribution in [0, 0.1) is 0 Å². The molecule has 2 amide bonds. The van der Waals surface area contributed by atoms with Gasteiger partial charge in [0.1, 0.15) is 12.6 Å². The Morgan fingerprint density at radius 2 is 1.67 bits per heavy atom. The molecule has 0 aliphatic carbocycles. The summed E-state index contributed by atoms with van der Waals surface area (Å²) < 4.78 is 26.7. The normalized spacial score (nSPS) is 12.7. The number of carbonyl (C=O) groups excluding carboxylic acids is 2. The highest BCUT2D eigenvalue weighted by molar-refractivity contribution is 9.10. The van der Waals surface area contributed by atoms with Gasteiger partial charge in [-0.1, -0.05) is 41.9 Å². The third-order valence-corrected chi connectivity index (χ3v) is 6.93. The van der Waals surface area contributed by atoms with Gasteiger partial charge in [-0.05, 0) is 67.4 Å². The highest BCUT2D eigenvalue weighted by atomic mass is 79.9. The highest BCUT2D eigenvalue weighted by Gasteiger charge is 2.32. The summed E-state index contributed by atoms with van der Waals surface area (Å²) in [5.41, 5.74) is 0.477. The van der Waals surface area contributed by atoms with E-state index in [0.29, 0.717) is 20.7 Å². The monoisotopic (exact) mass is 557 g/mol. The number of hydrogen-bond donors (Lipinski definition) is 1. The number of nitrogens with zero attached hydrogens (tertiary/aromatic N) is 2. The number of para-hydroxylation sites is 1. The third kappa shape index (κ3) is 7.72. The average Bonchev–Trinajstić information content (AvgIpc) is 2.69. The van der Waals surface area contributed by atoms with Gasteiger partial charge in [-0.15, -0.1) is 0 Å². The molecule has 1 N–H and O–H groups in total. The van der Waals surface area contributed by atoms with Crippen molar-refractivity contribution < 1.29 is 18.0 Å². The lowest BCUT2D eigenvalue weighted by atomic mass is 10.1. The van der Waals surface area contributed by atoms with Crippen molar-refractivity contribution >= 4 is 55.1 Å². The minimum atomic E-state index is -3.80. The van der Waals surface area contributed by atoms with Crippen LogP contribution in [0.4, 0.5) is 5.69 Å². The van der Waals surface area contributed by atoms with Gasteiger partial charge < -0.3 is 10.2 Å². The summed E-state index contributed by atoms with van der Waals surface area (Å²) in [4.78, 5) is 27.7. The Morgan fingerprint density at radius 1 is 1.09 bits per heavy atom. The molecule has 0 heterocycles. The SMILES string of the molecule is C[C@@H](C(=O)NC(C)(C)C)N(Cc1ccccc1Cl)C(=O)CN(c1ccccc1Br)S(C)(=O)=O. The zero-order valence-electron chi connectivity index (χ0n) is 19.3. The van der Waals surface area contributed by atoms with Crippen LogP contribution < -0.4 is 9.62 Å². The summed E-state index contributed by atoms with van der Waals surface area (Å²) in [6.07, 6.45) is 1.04. The van der Waals surface area contributed by atoms with Gasteiger partial charge in [-0.3, -0.25) is 13.9 Å². The molecule has 7 nitrogen and oxygen atoms in total. The molecule has 0 aliphatic rings. The predicted octanol–water partition coefficient (Wildman–Crippen LogP) is 4.20. The number of benzene rings is 2. The predicted molar refractivity (Wildman–Crippen MR) is 136 cm³/mol. The minimum absolute atomic E-state index is 0.0464. The first kappa shape index (κ1) is 27.1. The van der Waals surface area contributed by atoms with Crippen LogP contribution in [-0.4, -0.2) is 49.5 Å². The van der Waals surface area contributed by atoms with E-state index in [2.05, 4.69) is 21.2 Å². The highest BCUT2D eigenvalue weighted by Crippen LogP contribution is 2.28. The molecular weight excluding hydrogens is 530 g/mol. The van der Waals surface area contributed by atoms with Crippen LogP contribution in [0.2, 0.25) is 5.02 Å². The van der Waals surface area contributed by atoms with E-state index < -0.39 is 34.1 Å². The van der Waals surface area contributed by atoms with Crippen molar-refractivity contribution in [1.82, 2.24) is 10.2 Å². The number of anilines is 1. The van der Waals surface area contributed by atoms with Crippen LogP contribution in [0.3, 0.4) is 0 Å². The van der Waals surface area contributed by atoms with Gasteiger partial charge in [0.2, 0.25) is 21.8 Å². The minimum Gasteiger partial charge on any atom is -0.350 e. The van der Waals surface area contributed by atoms with Crippen molar-refractivity contribution in [3.05, 3.63) is 63.6 Å². The molecule has 33 heavy (non-hydrogen) atoms. The molecule has 2 aromatic rings. The summed E-state index contributed by atoms with van der Waals surface area (Å²) in [5.74, 6) is -0.887. The fourth-order valence-corrected chi connectivity index (χ4v) is 4.79. The summed E-state index contributed by atoms with van der Waals surface area (Å²) >= 11 is 9.66. The standard InChI is InChI=1S/C23H29BrClN3O4S/c1-16(22(30)26-23(2,3)4)27(14-17-10-6-8-12-19(17)25)21(29)15-28(33(5,31)32)20-13-9-7-11-18(20)24/h6-13,16H,14-15H2,1-5H3,(H,26,30)/t16-/m0/s1. The van der Waals surface area contributed by atoms with Gasteiger partial charge in [0.25, 0.3) is 0 Å². The molecule has 2 aromatic carbocycles. The maximum Gasteiger partial charge on any atom is 0.244 e. The third-order valence-electron chi connectivity index (χ3n) is 4.76. The van der Waals surface area contributed by atoms with Gasteiger partial charge in [-0.25, -0.2) is 8.42 Å². The topological polar surface area (TPSA) is 86.8 Å². The second kappa shape index (κ2) is 10.9. The van der Waals surface area contributed by atoms with E-state index in [0.717, 1.165) is 10.6 Å². The number of nitrogens with one attached hydrogen (secondary N) is 1. The molecule has 0 bridgehead atoms. The largest absolute Gasteiger partial charge is 0.350 e. The molecule has 10 heteroatoms. The molecule has 0 fully saturated rings. The second-order valence-electron chi connectivity index (χ2n) is 8.75. The maximum atomic E-state index is 13.5. The van der Waals surface area contributed by atoms with E-state index in [-0.39, 0.29) is 12.5 Å². The van der Waals surface area contributed by atoms with Crippen LogP contribution in [0.5, 0.6) is 0 Å². The van der Waals surface area contributed by atoms with Gasteiger partial charge >= 0.3 is 0 Å². The lowest BCUT2D eigenvalue weighted by Crippen LogP contribution is -2.54. The molecular formula is C23H29BrClN3O4S. The van der Waals surface area contributed by atoms with Crippen molar-refractivity contribution in [2.24, 2.45) is 0 Å². The number of sulfonamides is 1. The van der Waals surface area contributed by atoms with Crippen molar-refractivity contribution in [3.8, 4) is 0 Å². The first-order valence-electron chi connectivity index (χ1n) is 10.3. The molecule has 0 saturated carbocycles. The van der Waals surface area contributed by atoms with Gasteiger partial charge in [0.05, 0.1) is 11.9 Å². The molecule has 1 atom stereocenters. The molecule has 0 unspecified atom stereocenters. The number of rotatable bonds is 8. The van der Waals surface area contributed by atoms with E-state index in [9.17, 15) is 18.0 Å². The summed E-state index contributed by atoms with van der Waals surface area (Å²) in [6.45, 7) is 6.71. The lowest BCUT2D eigenvalue weighted by molar-refractivity contribution is -0.140. The molecule has 0 radical (unpaired) electrons. The van der Waals surface area contributed by atoms with Gasteiger partial charge in [0.15, 0.2) is 0 Å². The molecule has 0 saturated heterocycles. The van der Waals surface area contributed by atoms with Crippen LogP contribution in [0.1, 0.15) is 33.3 Å². The van der Waals surface area contributed by atoms with Crippen molar-refractivity contribution in [1.29, 1.82) is 0 Å². The Balaban J connectivity index is 2.43. The summed E-state index contributed by atoms with van der Waals surface area (Å²) in [7, 11) is -3.80. The fraction of sp³-hybridized carbons (Fsp3) is 0.391. The zero-order valence-corrected chi connectivity index (χ0v) is 22.5. The zero-order chi connectivity index (χ0) is 25.0. The Bertz CT molecular complexity index is 1120. The van der Waals surface area contributed by atoms with E-state index in [1.54, 1.807) is 55.5 Å². The van der Waals surface area contributed by atoms with E-state index in [1.165, 1.54) is 4.90 Å². The Morgan fingerprint density at radius 3 is 2.21 bits per heavy atom. The second-order valence-corrected chi connectivity index (χ2v) is 11.9. The molecule has 180 valence electrons. The Labute approximate surface area is 209 Å². The molecule has 0 aliphatic heterocycles.